The van der Waals surface area contributed by atoms with E-state index in [0.29, 0.717) is 0 Å². The molecule has 0 aromatic heterocycles. The van der Waals surface area contributed by atoms with E-state index in [9.17, 15) is 27.6 Å². The molecule has 5 nitrogen and oxygen atoms in total. The number of halogens is 3. The van der Waals surface area contributed by atoms with Crippen LogP contribution in [0.3, 0.4) is 0 Å². The van der Waals surface area contributed by atoms with Crippen LogP contribution in [0.2, 0.25) is 0 Å². The highest BCUT2D eigenvalue weighted by Gasteiger charge is 2.69. The van der Waals surface area contributed by atoms with Crippen molar-refractivity contribution in [2.45, 2.75) is 58.2 Å². The van der Waals surface area contributed by atoms with Crippen LogP contribution < -0.4 is 5.32 Å². The number of hydrogen-bond acceptors (Lipinski definition) is 3. The van der Waals surface area contributed by atoms with Gasteiger partial charge in [0.05, 0.1) is 5.57 Å². The van der Waals surface area contributed by atoms with Crippen molar-refractivity contribution >= 4 is 17.6 Å². The van der Waals surface area contributed by atoms with E-state index in [2.05, 4.69) is 0 Å². The number of benzene rings is 2. The highest BCUT2D eigenvalue weighted by atomic mass is 19.4. The molecule has 1 aliphatic heterocycles. The summed E-state index contributed by atoms with van der Waals surface area (Å²) >= 11 is 0. The van der Waals surface area contributed by atoms with Gasteiger partial charge in [-0.15, -0.1) is 0 Å². The molecule has 0 spiro atoms. The highest BCUT2D eigenvalue weighted by molar-refractivity contribution is 6.13. The minimum absolute atomic E-state index is 0.0438. The van der Waals surface area contributed by atoms with Gasteiger partial charge in [0.2, 0.25) is 5.54 Å². The largest absolute Gasteiger partial charge is 0.425 e. The van der Waals surface area contributed by atoms with Crippen molar-refractivity contribution in [3.05, 3.63) is 82.6 Å². The summed E-state index contributed by atoms with van der Waals surface area (Å²) in [6.07, 6.45) is -4.96. The molecule has 1 aliphatic rings. The number of carbonyl (C=O) groups excluding carboxylic acids is 3. The molecule has 35 heavy (non-hydrogen) atoms. The summed E-state index contributed by atoms with van der Waals surface area (Å²) in [6.45, 7) is 8.10. The van der Waals surface area contributed by atoms with Crippen molar-refractivity contribution in [2.75, 3.05) is 6.54 Å². The van der Waals surface area contributed by atoms with Gasteiger partial charge in [-0.1, -0.05) is 63.2 Å². The van der Waals surface area contributed by atoms with Crippen molar-refractivity contribution in [1.82, 2.24) is 10.2 Å². The lowest BCUT2D eigenvalue weighted by atomic mass is 9.85. The number of nitrogens with one attached hydrogen (secondary N) is 1. The predicted molar refractivity (Wildman–Crippen MR) is 127 cm³/mol. The zero-order valence-electron chi connectivity index (χ0n) is 20.4. The fourth-order valence-corrected chi connectivity index (χ4v) is 4.36. The number of carbonyl (C=O) groups is 3. The van der Waals surface area contributed by atoms with Crippen LogP contribution >= 0.6 is 0 Å². The molecule has 0 radical (unpaired) electrons. The minimum Gasteiger partial charge on any atom is -0.326 e. The molecular formula is C27H29F3N2O3. The Morgan fingerprint density at radius 3 is 2.03 bits per heavy atom. The van der Waals surface area contributed by atoms with Crippen molar-refractivity contribution in [2.24, 2.45) is 0 Å². The third kappa shape index (κ3) is 4.88. The molecule has 1 N–H and O–H groups in total. The van der Waals surface area contributed by atoms with Crippen LogP contribution in [0, 0.1) is 0 Å². The maximum Gasteiger partial charge on any atom is 0.425 e. The molecule has 0 aliphatic carbocycles. The molecule has 0 saturated carbocycles. The summed E-state index contributed by atoms with van der Waals surface area (Å²) in [6, 6.07) is 15.1. The van der Waals surface area contributed by atoms with Crippen LogP contribution in [0.1, 0.15) is 56.1 Å². The fraction of sp³-hybridized carbons (Fsp3) is 0.370. The Morgan fingerprint density at radius 2 is 1.54 bits per heavy atom. The van der Waals surface area contributed by atoms with Gasteiger partial charge in [0.25, 0.3) is 11.8 Å². The molecular weight excluding hydrogens is 457 g/mol. The average Bonchev–Trinajstić information content (AvgIpc) is 2.99. The van der Waals surface area contributed by atoms with Crippen LogP contribution in [0.5, 0.6) is 0 Å². The Bertz CT molecular complexity index is 1160. The standard InChI is InChI=1S/C27H29F3N2O3/c1-17-22(18(2)33)26(27(28,29)30,24(35)32(17)16-15-19-9-7-6-8-10-19)31-23(34)20-11-13-21(14-12-20)25(3,4)5/h6-14H,15-16H2,1-5H3,(H,31,34)/t26-/m1/s1. The maximum absolute atomic E-state index is 14.6. The second kappa shape index (κ2) is 9.32. The molecule has 2 aromatic rings. The van der Waals surface area contributed by atoms with Crippen LogP contribution in [-0.2, 0) is 21.4 Å². The van der Waals surface area contributed by atoms with E-state index >= 15 is 0 Å². The number of rotatable bonds is 6. The second-order valence-electron chi connectivity index (χ2n) is 9.74. The van der Waals surface area contributed by atoms with Gasteiger partial charge in [0.1, 0.15) is 0 Å². The van der Waals surface area contributed by atoms with E-state index in [1.54, 1.807) is 36.4 Å². The number of allylic oxidation sites excluding steroid dienone is 1. The Morgan fingerprint density at radius 1 is 0.971 bits per heavy atom. The molecule has 2 amide bonds. The third-order valence-electron chi connectivity index (χ3n) is 6.27. The zero-order chi connectivity index (χ0) is 26.2. The van der Waals surface area contributed by atoms with Gasteiger partial charge < -0.3 is 10.2 Å². The summed E-state index contributed by atoms with van der Waals surface area (Å²) in [5.41, 5.74) is -2.88. The lowest BCUT2D eigenvalue weighted by Gasteiger charge is -2.33. The van der Waals surface area contributed by atoms with Gasteiger partial charge in [-0.3, -0.25) is 14.4 Å². The number of hydrogen-bond donors (Lipinski definition) is 1. The number of ketones is 1. The highest BCUT2D eigenvalue weighted by Crippen LogP contribution is 2.45. The van der Waals surface area contributed by atoms with Gasteiger partial charge in [-0.25, -0.2) is 0 Å². The number of Topliss-reactive ketones (excluding diaryl/α,β-unsaturated/α-hetero) is 1. The topological polar surface area (TPSA) is 66.5 Å². The minimum atomic E-state index is -5.24. The fourth-order valence-electron chi connectivity index (χ4n) is 4.36. The van der Waals surface area contributed by atoms with Crippen LogP contribution in [0.15, 0.2) is 65.9 Å². The van der Waals surface area contributed by atoms with E-state index in [-0.39, 0.29) is 29.6 Å². The quantitative estimate of drug-likeness (QED) is 0.628. The Labute approximate surface area is 203 Å². The monoisotopic (exact) mass is 486 g/mol. The molecule has 2 aromatic carbocycles. The normalized spacial score (nSPS) is 18.7. The molecule has 0 unspecified atom stereocenters. The lowest BCUT2D eigenvalue weighted by molar-refractivity contribution is -0.190. The van der Waals surface area contributed by atoms with Gasteiger partial charge in [-0.2, -0.15) is 13.2 Å². The van der Waals surface area contributed by atoms with E-state index in [1.165, 1.54) is 19.1 Å². The summed E-state index contributed by atoms with van der Waals surface area (Å²) < 4.78 is 43.9. The molecule has 1 heterocycles. The summed E-state index contributed by atoms with van der Waals surface area (Å²) in [5.74, 6) is -3.41. The summed E-state index contributed by atoms with van der Waals surface area (Å²) in [4.78, 5) is 39.8. The zero-order valence-corrected chi connectivity index (χ0v) is 20.4. The molecule has 1 atom stereocenters. The summed E-state index contributed by atoms with van der Waals surface area (Å²) in [7, 11) is 0. The molecule has 0 saturated heterocycles. The predicted octanol–water partition coefficient (Wildman–Crippen LogP) is 4.96. The summed E-state index contributed by atoms with van der Waals surface area (Å²) in [5, 5.41) is 1.91. The SMILES string of the molecule is CC(=O)C1=C(C)N(CCc2ccccc2)C(=O)[C@@]1(NC(=O)c1ccc(C(C)(C)C)cc1)C(F)(F)F. The first-order valence-corrected chi connectivity index (χ1v) is 11.3. The molecule has 0 bridgehead atoms. The van der Waals surface area contributed by atoms with Gasteiger partial charge in [0, 0.05) is 17.8 Å². The van der Waals surface area contributed by atoms with Crippen molar-refractivity contribution < 1.29 is 27.6 Å². The van der Waals surface area contributed by atoms with Crippen molar-refractivity contribution in [3.63, 3.8) is 0 Å². The van der Waals surface area contributed by atoms with E-state index < -0.39 is 34.9 Å². The number of nitrogens with zero attached hydrogens (tertiary/aromatic N) is 1. The lowest BCUT2D eigenvalue weighted by Crippen LogP contribution is -2.66. The molecule has 186 valence electrons. The average molecular weight is 487 g/mol. The first kappa shape index (κ1) is 26.2. The van der Waals surface area contributed by atoms with Crippen LogP contribution in [-0.4, -0.2) is 40.8 Å². The smallest absolute Gasteiger partial charge is 0.326 e. The maximum atomic E-state index is 14.6. The Balaban J connectivity index is 2.00. The van der Waals surface area contributed by atoms with E-state index in [0.717, 1.165) is 23.0 Å². The number of alkyl halides is 3. The van der Waals surface area contributed by atoms with Gasteiger partial charge >= 0.3 is 6.18 Å². The third-order valence-corrected chi connectivity index (χ3v) is 6.27. The van der Waals surface area contributed by atoms with Crippen molar-refractivity contribution in [3.8, 4) is 0 Å². The molecule has 0 fully saturated rings. The number of amides is 2. The molecule has 8 heteroatoms. The Hall–Kier alpha value is -3.42. The first-order chi connectivity index (χ1) is 16.2. The van der Waals surface area contributed by atoms with Gasteiger partial charge in [0.15, 0.2) is 5.78 Å². The second-order valence-corrected chi connectivity index (χ2v) is 9.74. The van der Waals surface area contributed by atoms with Crippen LogP contribution in [0.4, 0.5) is 13.2 Å². The van der Waals surface area contributed by atoms with E-state index in [1.807, 2.05) is 32.2 Å². The van der Waals surface area contributed by atoms with Crippen molar-refractivity contribution in [1.29, 1.82) is 0 Å². The van der Waals surface area contributed by atoms with Crippen LogP contribution in [0.25, 0.3) is 0 Å². The first-order valence-electron chi connectivity index (χ1n) is 11.3. The Kier molecular flexibility index (Phi) is 6.97. The van der Waals surface area contributed by atoms with Gasteiger partial charge in [-0.05, 0) is 48.9 Å². The molecule has 3 rings (SSSR count). The van der Waals surface area contributed by atoms with E-state index in [4.69, 9.17) is 0 Å².